The lowest BCUT2D eigenvalue weighted by atomic mass is 10.1. The second kappa shape index (κ2) is 8.32. The van der Waals surface area contributed by atoms with Gasteiger partial charge in [0.25, 0.3) is 0 Å². The summed E-state index contributed by atoms with van der Waals surface area (Å²) in [6.07, 6.45) is 1.28. The molecule has 0 aliphatic carbocycles. The smallest absolute Gasteiger partial charge is 0.320 e. The van der Waals surface area contributed by atoms with E-state index in [1.807, 2.05) is 27.7 Å². The summed E-state index contributed by atoms with van der Waals surface area (Å²) < 4.78 is 0. The number of amides is 1. The van der Waals surface area contributed by atoms with Crippen molar-refractivity contribution in [3.05, 3.63) is 0 Å². The van der Waals surface area contributed by atoms with E-state index in [0.29, 0.717) is 6.42 Å². The summed E-state index contributed by atoms with van der Waals surface area (Å²) >= 11 is 0. The van der Waals surface area contributed by atoms with E-state index in [9.17, 15) is 9.59 Å². The van der Waals surface area contributed by atoms with Crippen LogP contribution in [-0.4, -0.2) is 34.6 Å². The Kier molecular flexibility index (Phi) is 9.03. The lowest BCUT2D eigenvalue weighted by Gasteiger charge is -2.25. The molecule has 5 nitrogen and oxygen atoms in total. The fraction of sp³-hybridized carbons (Fsp3) is 0.833. The number of carbonyl (C=O) groups is 2. The van der Waals surface area contributed by atoms with Gasteiger partial charge < -0.3 is 10.4 Å². The number of carboxylic acids is 1. The van der Waals surface area contributed by atoms with E-state index in [0.717, 1.165) is 6.42 Å². The Morgan fingerprint density at radius 1 is 1.28 bits per heavy atom. The minimum absolute atomic E-state index is 0. The van der Waals surface area contributed by atoms with Gasteiger partial charge in [0.1, 0.15) is 6.04 Å². The van der Waals surface area contributed by atoms with Crippen LogP contribution in [0.1, 0.15) is 47.5 Å². The first-order valence-corrected chi connectivity index (χ1v) is 5.98. The summed E-state index contributed by atoms with van der Waals surface area (Å²) in [4.78, 5) is 22.7. The van der Waals surface area contributed by atoms with Gasteiger partial charge in [0.15, 0.2) is 0 Å². The van der Waals surface area contributed by atoms with Crippen LogP contribution in [0.2, 0.25) is 0 Å². The lowest BCUT2D eigenvalue weighted by molar-refractivity contribution is -0.140. The molecule has 18 heavy (non-hydrogen) atoms. The maximum absolute atomic E-state index is 11.8. The number of hydrogen-bond donors (Lipinski definition) is 3. The Bertz CT molecular complexity index is 277. The van der Waals surface area contributed by atoms with Gasteiger partial charge in [-0.1, -0.05) is 13.3 Å². The lowest BCUT2D eigenvalue weighted by Crippen LogP contribution is -2.53. The maximum Gasteiger partial charge on any atom is 0.320 e. The van der Waals surface area contributed by atoms with Gasteiger partial charge in [0.2, 0.25) is 5.91 Å². The Hall–Kier alpha value is -0.810. The minimum atomic E-state index is -0.915. The Morgan fingerprint density at radius 2 is 1.78 bits per heavy atom. The van der Waals surface area contributed by atoms with Crippen molar-refractivity contribution in [3.8, 4) is 0 Å². The van der Waals surface area contributed by atoms with Crippen LogP contribution in [0.3, 0.4) is 0 Å². The van der Waals surface area contributed by atoms with Gasteiger partial charge >= 0.3 is 5.97 Å². The maximum atomic E-state index is 11.8. The zero-order chi connectivity index (χ0) is 13.6. The molecular weight excluding hydrogens is 256 g/mol. The van der Waals surface area contributed by atoms with Crippen molar-refractivity contribution < 1.29 is 14.7 Å². The number of halogens is 1. The molecule has 0 fully saturated rings. The largest absolute Gasteiger partial charge is 0.480 e. The van der Waals surface area contributed by atoms with E-state index < -0.39 is 18.1 Å². The van der Waals surface area contributed by atoms with Crippen molar-refractivity contribution in [1.82, 2.24) is 10.6 Å². The number of hydrogen-bond acceptors (Lipinski definition) is 3. The third-order valence-electron chi connectivity index (χ3n) is 2.22. The predicted molar refractivity (Wildman–Crippen MR) is 74.1 cm³/mol. The summed E-state index contributed by atoms with van der Waals surface area (Å²) in [6, 6.07) is -1.18. The summed E-state index contributed by atoms with van der Waals surface area (Å²) in [5.41, 5.74) is -0.309. The normalized spacial score (nSPS) is 14.3. The number of nitrogens with one attached hydrogen (secondary N) is 2. The van der Waals surface area contributed by atoms with Crippen molar-refractivity contribution in [1.29, 1.82) is 0 Å². The molecule has 3 N–H and O–H groups in total. The van der Waals surface area contributed by atoms with E-state index in [1.54, 1.807) is 6.92 Å². The second-order valence-corrected chi connectivity index (χ2v) is 5.31. The molecule has 6 heteroatoms. The Labute approximate surface area is 115 Å². The van der Waals surface area contributed by atoms with Crippen LogP contribution in [0.4, 0.5) is 0 Å². The minimum Gasteiger partial charge on any atom is -0.480 e. The SMILES string of the molecule is CCCC(NC(C)C(=O)NC(C)(C)C)C(=O)O.Cl. The van der Waals surface area contributed by atoms with Crippen LogP contribution < -0.4 is 10.6 Å². The van der Waals surface area contributed by atoms with Crippen molar-refractivity contribution in [3.63, 3.8) is 0 Å². The first-order valence-electron chi connectivity index (χ1n) is 5.98. The number of aliphatic carboxylic acids is 1. The van der Waals surface area contributed by atoms with E-state index in [2.05, 4.69) is 10.6 Å². The van der Waals surface area contributed by atoms with Crippen LogP contribution in [-0.2, 0) is 9.59 Å². The van der Waals surface area contributed by atoms with Crippen molar-refractivity contribution in [2.75, 3.05) is 0 Å². The monoisotopic (exact) mass is 280 g/mol. The van der Waals surface area contributed by atoms with Crippen LogP contribution >= 0.6 is 12.4 Å². The molecule has 0 spiro atoms. The Balaban J connectivity index is 0. The zero-order valence-electron chi connectivity index (χ0n) is 11.7. The molecule has 0 saturated carbocycles. The van der Waals surface area contributed by atoms with Gasteiger partial charge in [-0.2, -0.15) is 0 Å². The molecule has 0 aliphatic heterocycles. The number of carboxylic acid groups (broad SMARTS) is 1. The van der Waals surface area contributed by atoms with Crippen LogP contribution in [0.25, 0.3) is 0 Å². The molecule has 2 unspecified atom stereocenters. The second-order valence-electron chi connectivity index (χ2n) is 5.31. The number of rotatable bonds is 6. The highest BCUT2D eigenvalue weighted by Gasteiger charge is 2.24. The third kappa shape index (κ3) is 8.31. The molecule has 0 radical (unpaired) electrons. The summed E-state index contributed by atoms with van der Waals surface area (Å²) in [5, 5.41) is 14.6. The molecule has 0 aromatic rings. The molecule has 0 bridgehead atoms. The topological polar surface area (TPSA) is 78.4 Å². The zero-order valence-corrected chi connectivity index (χ0v) is 12.6. The molecule has 0 heterocycles. The fourth-order valence-corrected chi connectivity index (χ4v) is 1.42. The molecule has 0 aromatic carbocycles. The van der Waals surface area contributed by atoms with Crippen molar-refractivity contribution in [2.45, 2.75) is 65.1 Å². The van der Waals surface area contributed by atoms with Gasteiger partial charge in [-0.15, -0.1) is 12.4 Å². The van der Waals surface area contributed by atoms with E-state index in [4.69, 9.17) is 5.11 Å². The van der Waals surface area contributed by atoms with Gasteiger partial charge in [-0.3, -0.25) is 14.9 Å². The highest BCUT2D eigenvalue weighted by molar-refractivity contribution is 5.85. The van der Waals surface area contributed by atoms with Gasteiger partial charge in [0, 0.05) is 5.54 Å². The molecular formula is C12H25ClN2O3. The first-order chi connectivity index (χ1) is 7.67. The molecule has 0 saturated heterocycles. The predicted octanol–water partition coefficient (Wildman–Crippen LogP) is 1.55. The average molecular weight is 281 g/mol. The molecule has 0 rings (SSSR count). The summed E-state index contributed by atoms with van der Waals surface area (Å²) in [5.74, 6) is -1.10. The molecule has 108 valence electrons. The molecule has 0 aromatic heterocycles. The van der Waals surface area contributed by atoms with Crippen molar-refractivity contribution in [2.24, 2.45) is 0 Å². The number of carbonyl (C=O) groups excluding carboxylic acids is 1. The first kappa shape index (κ1) is 19.5. The molecule has 0 aliphatic rings. The van der Waals surface area contributed by atoms with E-state index >= 15 is 0 Å². The van der Waals surface area contributed by atoms with E-state index in [1.165, 1.54) is 0 Å². The van der Waals surface area contributed by atoms with Gasteiger partial charge in [-0.05, 0) is 34.1 Å². The van der Waals surface area contributed by atoms with Crippen molar-refractivity contribution >= 4 is 24.3 Å². The van der Waals surface area contributed by atoms with Crippen LogP contribution in [0, 0.1) is 0 Å². The quantitative estimate of drug-likeness (QED) is 0.690. The third-order valence-corrected chi connectivity index (χ3v) is 2.22. The fourth-order valence-electron chi connectivity index (χ4n) is 1.42. The molecule has 1 amide bonds. The van der Waals surface area contributed by atoms with E-state index in [-0.39, 0.29) is 23.9 Å². The van der Waals surface area contributed by atoms with Gasteiger partial charge in [0.05, 0.1) is 6.04 Å². The standard InChI is InChI=1S/C12H24N2O3.ClH/c1-6-7-9(11(16)17)13-8(2)10(15)14-12(3,4)5;/h8-9,13H,6-7H2,1-5H3,(H,14,15)(H,16,17);1H. The van der Waals surface area contributed by atoms with Crippen LogP contribution in [0.15, 0.2) is 0 Å². The molecule has 2 atom stereocenters. The highest BCUT2D eigenvalue weighted by atomic mass is 35.5. The Morgan fingerprint density at radius 3 is 2.11 bits per heavy atom. The van der Waals surface area contributed by atoms with Gasteiger partial charge in [-0.25, -0.2) is 0 Å². The highest BCUT2D eigenvalue weighted by Crippen LogP contribution is 2.02. The summed E-state index contributed by atoms with van der Waals surface area (Å²) in [7, 11) is 0. The van der Waals surface area contributed by atoms with Crippen LogP contribution in [0.5, 0.6) is 0 Å². The average Bonchev–Trinajstić information content (AvgIpc) is 2.13. The summed E-state index contributed by atoms with van der Waals surface area (Å²) in [6.45, 7) is 9.25.